The van der Waals surface area contributed by atoms with Crippen LogP contribution in [-0.2, 0) is 11.5 Å². The Morgan fingerprint density at radius 3 is 2.85 bits per heavy atom. The summed E-state index contributed by atoms with van der Waals surface area (Å²) in [6, 6.07) is 4.97. The molecule has 3 aromatic heterocycles. The molecule has 0 amide bonds. The van der Waals surface area contributed by atoms with Crippen molar-refractivity contribution < 1.29 is 14.6 Å². The quantitative estimate of drug-likeness (QED) is 0.498. The minimum absolute atomic E-state index is 0.117. The number of methoxy groups -OCH3 is 1. The van der Waals surface area contributed by atoms with Crippen LogP contribution in [0.2, 0.25) is 0 Å². The van der Waals surface area contributed by atoms with Crippen LogP contribution in [0.3, 0.4) is 0 Å². The summed E-state index contributed by atoms with van der Waals surface area (Å²) in [5, 5.41) is 9.68. The predicted molar refractivity (Wildman–Crippen MR) is 103 cm³/mol. The van der Waals surface area contributed by atoms with Gasteiger partial charge in [-0.2, -0.15) is 0 Å². The second kappa shape index (κ2) is 8.42. The van der Waals surface area contributed by atoms with Gasteiger partial charge in [0.25, 0.3) is 0 Å². The van der Waals surface area contributed by atoms with Gasteiger partial charge < -0.3 is 9.84 Å². The molecule has 3 aromatic rings. The van der Waals surface area contributed by atoms with Gasteiger partial charge in [-0.15, -0.1) is 0 Å². The maximum atomic E-state index is 10.9. The number of aromatic nitrogens is 4. The summed E-state index contributed by atoms with van der Waals surface area (Å²) in [6.07, 6.45) is 5.14. The zero-order valence-corrected chi connectivity index (χ0v) is 16.5. The zero-order chi connectivity index (χ0) is 19.4. The van der Waals surface area contributed by atoms with Crippen LogP contribution in [0.1, 0.15) is 16.1 Å². The number of aromatic carboxylic acids is 1. The van der Waals surface area contributed by atoms with E-state index in [1.807, 2.05) is 30.0 Å². The van der Waals surface area contributed by atoms with E-state index in [1.165, 1.54) is 35.4 Å². The van der Waals surface area contributed by atoms with E-state index in [0.717, 1.165) is 16.3 Å². The molecule has 27 heavy (non-hydrogen) atoms. The highest BCUT2D eigenvalue weighted by Gasteiger charge is 2.10. The Hall–Kier alpha value is -2.56. The fourth-order valence-corrected chi connectivity index (χ4v) is 3.63. The van der Waals surface area contributed by atoms with Gasteiger partial charge in [-0.3, -0.25) is 4.57 Å². The number of pyridine rings is 1. The number of hydrogen-bond donors (Lipinski definition) is 1. The van der Waals surface area contributed by atoms with Crippen LogP contribution in [0.25, 0.3) is 10.6 Å². The zero-order valence-electron chi connectivity index (χ0n) is 14.9. The van der Waals surface area contributed by atoms with Crippen molar-refractivity contribution in [2.45, 2.75) is 18.8 Å². The normalized spacial score (nSPS) is 11.7. The second-order valence-corrected chi connectivity index (χ2v) is 7.25. The van der Waals surface area contributed by atoms with Crippen LogP contribution in [-0.4, -0.2) is 44.0 Å². The summed E-state index contributed by atoms with van der Waals surface area (Å²) in [5.41, 5.74) is 1.82. The van der Waals surface area contributed by atoms with Gasteiger partial charge in [0.05, 0.1) is 16.1 Å². The molecular formula is C17H17N5O3S2. The first kappa shape index (κ1) is 19.2. The molecule has 0 radical (unpaired) electrons. The minimum Gasteiger partial charge on any atom is -0.478 e. The average molecular weight is 403 g/mol. The lowest BCUT2D eigenvalue weighted by Gasteiger charge is -2.02. The number of thioether (sulfide) groups is 1. The largest absolute Gasteiger partial charge is 0.478 e. The fraction of sp³-hybridized carbons (Fsp3) is 0.235. The van der Waals surface area contributed by atoms with E-state index in [4.69, 9.17) is 9.84 Å². The molecule has 10 heteroatoms. The molecule has 0 saturated heterocycles. The van der Waals surface area contributed by atoms with Gasteiger partial charge in [0.15, 0.2) is 15.8 Å². The third-order valence-electron chi connectivity index (χ3n) is 3.46. The molecule has 1 N–H and O–H groups in total. The smallest absolute Gasteiger partial charge is 0.337 e. The maximum Gasteiger partial charge on any atom is 0.337 e. The first-order valence-electron chi connectivity index (χ1n) is 7.83. The van der Waals surface area contributed by atoms with Crippen molar-refractivity contribution in [3.05, 3.63) is 46.7 Å². The molecule has 0 aromatic carbocycles. The van der Waals surface area contributed by atoms with Crippen molar-refractivity contribution in [3.63, 3.8) is 0 Å². The molecule has 3 rings (SSSR count). The van der Waals surface area contributed by atoms with Gasteiger partial charge in [-0.05, 0) is 31.4 Å². The molecule has 0 aliphatic carbocycles. The van der Waals surface area contributed by atoms with E-state index in [1.54, 1.807) is 13.2 Å². The number of rotatable bonds is 6. The molecular weight excluding hydrogens is 386 g/mol. The highest BCUT2D eigenvalue weighted by atomic mass is 32.2. The number of nitrogens with zero attached hydrogens (tertiary/aromatic N) is 5. The van der Waals surface area contributed by atoms with Crippen LogP contribution < -0.4 is 4.80 Å². The summed E-state index contributed by atoms with van der Waals surface area (Å²) in [4.78, 5) is 30.1. The topological polar surface area (TPSA) is 102 Å². The number of thiazole rings is 1. The van der Waals surface area contributed by atoms with Gasteiger partial charge in [0.1, 0.15) is 6.73 Å². The van der Waals surface area contributed by atoms with E-state index in [0.29, 0.717) is 22.5 Å². The van der Waals surface area contributed by atoms with Gasteiger partial charge in [-0.1, -0.05) is 23.1 Å². The summed E-state index contributed by atoms with van der Waals surface area (Å²) < 4.78 is 7.10. The Kier molecular flexibility index (Phi) is 5.99. The first-order chi connectivity index (χ1) is 13.0. The van der Waals surface area contributed by atoms with Crippen molar-refractivity contribution >= 4 is 34.9 Å². The monoisotopic (exact) mass is 403 g/mol. The van der Waals surface area contributed by atoms with Crippen molar-refractivity contribution in [1.29, 1.82) is 0 Å². The molecule has 0 aliphatic rings. The predicted octanol–water partition coefficient (Wildman–Crippen LogP) is 2.97. The van der Waals surface area contributed by atoms with E-state index in [2.05, 4.69) is 19.9 Å². The van der Waals surface area contributed by atoms with Gasteiger partial charge in [-0.25, -0.2) is 24.7 Å². The summed E-state index contributed by atoms with van der Waals surface area (Å²) in [6.45, 7) is 2.25. The van der Waals surface area contributed by atoms with Crippen LogP contribution in [0.5, 0.6) is 0 Å². The molecule has 3 heterocycles. The Bertz CT molecular complexity index is 1030. The van der Waals surface area contributed by atoms with Crippen LogP contribution in [0.4, 0.5) is 5.82 Å². The lowest BCUT2D eigenvalue weighted by molar-refractivity contribution is 0.0696. The van der Waals surface area contributed by atoms with Crippen LogP contribution in [0.15, 0.2) is 40.7 Å². The summed E-state index contributed by atoms with van der Waals surface area (Å²) in [5.74, 6) is -0.604. The Morgan fingerprint density at radius 1 is 1.41 bits per heavy atom. The molecule has 140 valence electrons. The molecule has 8 nitrogen and oxygen atoms in total. The molecule has 0 fully saturated rings. The Morgan fingerprint density at radius 2 is 2.22 bits per heavy atom. The lowest BCUT2D eigenvalue weighted by atomic mass is 10.3. The Labute approximate surface area is 163 Å². The second-order valence-electron chi connectivity index (χ2n) is 5.47. The van der Waals surface area contributed by atoms with Gasteiger partial charge >= 0.3 is 5.97 Å². The van der Waals surface area contributed by atoms with E-state index in [-0.39, 0.29) is 5.56 Å². The number of ether oxygens (including phenoxy) is 1. The van der Waals surface area contributed by atoms with E-state index < -0.39 is 5.97 Å². The maximum absolute atomic E-state index is 10.9. The van der Waals surface area contributed by atoms with Crippen molar-refractivity contribution in [1.82, 2.24) is 19.5 Å². The standard InChI is InChI=1S/C17H17N5O3S2/c1-10-6-12(20-16(19-10)26-3)13-8-22(9-25-2)17(27-13)21-14-5-4-11(7-18-14)15(23)24/h4-8H,9H2,1-3H3,(H,23,24). The first-order valence-corrected chi connectivity index (χ1v) is 9.87. The SMILES string of the molecule is COCn1cc(-c2cc(C)nc(SC)n2)sc1=Nc1ccc(C(=O)O)cn1. The Balaban J connectivity index is 2.05. The highest BCUT2D eigenvalue weighted by molar-refractivity contribution is 7.98. The number of aryl methyl sites for hydroxylation is 1. The number of carboxylic acids is 1. The highest BCUT2D eigenvalue weighted by Crippen LogP contribution is 2.23. The number of hydrogen-bond acceptors (Lipinski definition) is 8. The van der Waals surface area contributed by atoms with Crippen LogP contribution in [0, 0.1) is 6.92 Å². The van der Waals surface area contributed by atoms with Crippen LogP contribution >= 0.6 is 23.1 Å². The number of carbonyl (C=O) groups is 1. The summed E-state index contributed by atoms with van der Waals surface area (Å²) >= 11 is 2.94. The third-order valence-corrected chi connectivity index (χ3v) is 5.05. The average Bonchev–Trinajstić information content (AvgIpc) is 3.04. The van der Waals surface area contributed by atoms with E-state index in [9.17, 15) is 4.79 Å². The molecule has 0 aliphatic heterocycles. The van der Waals surface area contributed by atoms with Crippen molar-refractivity contribution in [2.24, 2.45) is 4.99 Å². The van der Waals surface area contributed by atoms with Gasteiger partial charge in [0, 0.05) is 25.2 Å². The molecule has 0 atom stereocenters. The molecule has 0 bridgehead atoms. The van der Waals surface area contributed by atoms with Crippen molar-refractivity contribution in [2.75, 3.05) is 13.4 Å². The molecule has 0 spiro atoms. The van der Waals surface area contributed by atoms with Crippen molar-refractivity contribution in [3.8, 4) is 10.6 Å². The minimum atomic E-state index is -1.02. The summed E-state index contributed by atoms with van der Waals surface area (Å²) in [7, 11) is 1.61. The fourth-order valence-electron chi connectivity index (χ4n) is 2.25. The van der Waals surface area contributed by atoms with E-state index >= 15 is 0 Å². The van der Waals surface area contributed by atoms with Gasteiger partial charge in [0.2, 0.25) is 0 Å². The molecule has 0 saturated carbocycles. The molecule has 0 unspecified atom stereocenters. The lowest BCUT2D eigenvalue weighted by Crippen LogP contribution is -2.14. The third kappa shape index (κ3) is 4.59. The number of carboxylic acid groups (broad SMARTS) is 1.